The number of hydrogen-bond donors (Lipinski definition) is 4. The number of amides is 1. The van der Waals surface area contributed by atoms with Gasteiger partial charge in [-0.3, -0.25) is 15.0 Å². The highest BCUT2D eigenvalue weighted by molar-refractivity contribution is 5.98. The second-order valence-corrected chi connectivity index (χ2v) is 5.08. The van der Waals surface area contributed by atoms with Crippen LogP contribution >= 0.6 is 0 Å². The number of aromatic amines is 2. The molecule has 0 fully saturated rings. The quantitative estimate of drug-likeness (QED) is 0.538. The molecule has 0 saturated carbocycles. The van der Waals surface area contributed by atoms with E-state index < -0.39 is 22.9 Å². The largest absolute Gasteiger partial charge is 0.492 e. The SMILES string of the molecule is O=C(Nn1c(O)c[nH]c1=O)c1cc(=O)c(OCc2ccccc2)c[nH]1. The molecule has 0 atom stereocenters. The number of benzene rings is 1. The predicted molar refractivity (Wildman–Crippen MR) is 88.2 cm³/mol. The van der Waals surface area contributed by atoms with Crippen LogP contribution in [0.15, 0.2) is 58.4 Å². The Balaban J connectivity index is 1.72. The molecule has 1 aromatic carbocycles. The monoisotopic (exact) mass is 342 g/mol. The smallest absolute Gasteiger partial charge is 0.347 e. The molecule has 4 N–H and O–H groups in total. The Labute approximate surface area is 140 Å². The lowest BCUT2D eigenvalue weighted by atomic mass is 10.2. The Morgan fingerprint density at radius 3 is 2.56 bits per heavy atom. The molecule has 3 rings (SSSR count). The standard InChI is InChI=1S/C16H14N4O5/c21-12-6-11(15(23)19-20-14(22)8-18-16(20)24)17-7-13(12)25-9-10-4-2-1-3-5-10/h1-8,22H,9H2,(H,17,21)(H,18,24)(H,19,23). The number of aromatic hydroxyl groups is 1. The number of nitrogens with one attached hydrogen (secondary N) is 3. The Morgan fingerprint density at radius 1 is 1.16 bits per heavy atom. The van der Waals surface area contributed by atoms with Crippen molar-refractivity contribution in [3.63, 3.8) is 0 Å². The first-order chi connectivity index (χ1) is 12.0. The van der Waals surface area contributed by atoms with E-state index in [4.69, 9.17) is 4.74 Å². The van der Waals surface area contributed by atoms with Crippen LogP contribution in [0, 0.1) is 0 Å². The molecule has 0 radical (unpaired) electrons. The number of hydrogen-bond acceptors (Lipinski definition) is 5. The highest BCUT2D eigenvalue weighted by Crippen LogP contribution is 2.07. The van der Waals surface area contributed by atoms with Crippen LogP contribution in [0.5, 0.6) is 11.6 Å². The third-order valence-corrected chi connectivity index (χ3v) is 3.33. The van der Waals surface area contributed by atoms with Crippen LogP contribution in [-0.2, 0) is 6.61 Å². The summed E-state index contributed by atoms with van der Waals surface area (Å²) in [6, 6.07) is 10.3. The molecule has 0 saturated heterocycles. The fraction of sp³-hybridized carbons (Fsp3) is 0.0625. The molecule has 0 aliphatic heterocycles. The maximum atomic E-state index is 12.1. The molecule has 25 heavy (non-hydrogen) atoms. The molecule has 0 aliphatic rings. The van der Waals surface area contributed by atoms with Crippen LogP contribution in [0.25, 0.3) is 0 Å². The molecule has 2 heterocycles. The third-order valence-electron chi connectivity index (χ3n) is 3.33. The maximum Gasteiger partial charge on any atom is 0.347 e. The van der Waals surface area contributed by atoms with Gasteiger partial charge in [-0.2, -0.15) is 4.68 Å². The van der Waals surface area contributed by atoms with Crippen molar-refractivity contribution in [1.82, 2.24) is 14.6 Å². The molecule has 9 nitrogen and oxygen atoms in total. The summed E-state index contributed by atoms with van der Waals surface area (Å²) in [5.74, 6) is -1.19. The number of carbonyl (C=O) groups excluding carboxylic acids is 1. The van der Waals surface area contributed by atoms with Gasteiger partial charge in [-0.05, 0) is 5.56 Å². The normalized spacial score (nSPS) is 10.4. The van der Waals surface area contributed by atoms with Crippen LogP contribution in [0.2, 0.25) is 0 Å². The van der Waals surface area contributed by atoms with Crippen molar-refractivity contribution in [2.45, 2.75) is 6.61 Å². The number of nitrogens with zero attached hydrogens (tertiary/aromatic N) is 1. The van der Waals surface area contributed by atoms with E-state index in [9.17, 15) is 19.5 Å². The molecular formula is C16H14N4O5. The maximum absolute atomic E-state index is 12.1. The molecule has 0 aliphatic carbocycles. The number of H-pyrrole nitrogens is 2. The lowest BCUT2D eigenvalue weighted by Gasteiger charge is -2.08. The summed E-state index contributed by atoms with van der Waals surface area (Å²) in [7, 11) is 0. The van der Waals surface area contributed by atoms with E-state index in [1.54, 1.807) is 0 Å². The van der Waals surface area contributed by atoms with Crippen molar-refractivity contribution in [1.29, 1.82) is 0 Å². The number of pyridine rings is 1. The zero-order chi connectivity index (χ0) is 17.8. The Hall–Kier alpha value is -3.75. The highest BCUT2D eigenvalue weighted by Gasteiger charge is 2.13. The average molecular weight is 342 g/mol. The van der Waals surface area contributed by atoms with Crippen molar-refractivity contribution < 1.29 is 14.6 Å². The number of carbonyl (C=O) groups is 1. The fourth-order valence-electron chi connectivity index (χ4n) is 2.07. The minimum atomic E-state index is -0.774. The minimum absolute atomic E-state index is 0.0575. The highest BCUT2D eigenvalue weighted by atomic mass is 16.5. The van der Waals surface area contributed by atoms with Gasteiger partial charge in [0.2, 0.25) is 11.3 Å². The average Bonchev–Trinajstić information content (AvgIpc) is 2.93. The van der Waals surface area contributed by atoms with Crippen molar-refractivity contribution in [2.75, 3.05) is 5.43 Å². The Bertz CT molecular complexity index is 1000. The van der Waals surface area contributed by atoms with Crippen LogP contribution in [0.4, 0.5) is 0 Å². The summed E-state index contributed by atoms with van der Waals surface area (Å²) >= 11 is 0. The van der Waals surface area contributed by atoms with E-state index in [-0.39, 0.29) is 18.1 Å². The van der Waals surface area contributed by atoms with Crippen molar-refractivity contribution in [3.8, 4) is 11.6 Å². The van der Waals surface area contributed by atoms with Gasteiger partial charge in [0, 0.05) is 12.3 Å². The Kier molecular flexibility index (Phi) is 4.38. The summed E-state index contributed by atoms with van der Waals surface area (Å²) in [5, 5.41) is 9.43. The zero-order valence-corrected chi connectivity index (χ0v) is 12.9. The summed E-state index contributed by atoms with van der Waals surface area (Å²) in [5.41, 5.74) is 1.73. The number of imidazole rings is 1. The van der Waals surface area contributed by atoms with Crippen LogP contribution in [0.1, 0.15) is 16.1 Å². The molecule has 9 heteroatoms. The number of rotatable bonds is 5. The third kappa shape index (κ3) is 3.61. The second-order valence-electron chi connectivity index (χ2n) is 5.08. The van der Waals surface area contributed by atoms with Gasteiger partial charge in [-0.1, -0.05) is 30.3 Å². The van der Waals surface area contributed by atoms with E-state index in [1.807, 2.05) is 30.3 Å². The molecular weight excluding hydrogens is 328 g/mol. The van der Waals surface area contributed by atoms with Crippen molar-refractivity contribution >= 4 is 5.91 Å². The van der Waals surface area contributed by atoms with Gasteiger partial charge in [-0.25, -0.2) is 4.79 Å². The lowest BCUT2D eigenvalue weighted by molar-refractivity contribution is 0.1000. The van der Waals surface area contributed by atoms with Gasteiger partial charge in [0.25, 0.3) is 5.91 Å². The minimum Gasteiger partial charge on any atom is -0.492 e. The molecule has 0 unspecified atom stereocenters. The van der Waals surface area contributed by atoms with Gasteiger partial charge in [0.05, 0.1) is 6.20 Å². The summed E-state index contributed by atoms with van der Waals surface area (Å²) in [4.78, 5) is 40.3. The van der Waals surface area contributed by atoms with Crippen molar-refractivity contribution in [3.05, 3.63) is 80.8 Å². The molecule has 2 aromatic heterocycles. The first-order valence-corrected chi connectivity index (χ1v) is 7.25. The summed E-state index contributed by atoms with van der Waals surface area (Å²) < 4.78 is 6.04. The van der Waals surface area contributed by atoms with Gasteiger partial charge in [0.1, 0.15) is 12.3 Å². The lowest BCUT2D eigenvalue weighted by Crippen LogP contribution is -2.32. The summed E-state index contributed by atoms with van der Waals surface area (Å²) in [6.45, 7) is 0.210. The predicted octanol–water partition coefficient (Wildman–Crippen LogP) is 0.533. The Morgan fingerprint density at radius 2 is 1.92 bits per heavy atom. The molecule has 3 aromatic rings. The van der Waals surface area contributed by atoms with Crippen molar-refractivity contribution in [2.24, 2.45) is 0 Å². The van der Waals surface area contributed by atoms with Gasteiger partial charge in [-0.15, -0.1) is 0 Å². The second kappa shape index (κ2) is 6.79. The summed E-state index contributed by atoms with van der Waals surface area (Å²) in [6.07, 6.45) is 2.28. The van der Waals surface area contributed by atoms with E-state index in [0.29, 0.717) is 4.68 Å². The first-order valence-electron chi connectivity index (χ1n) is 7.25. The topological polar surface area (TPSA) is 129 Å². The van der Waals surface area contributed by atoms with Crippen LogP contribution < -0.4 is 21.3 Å². The molecule has 1 amide bonds. The molecule has 0 bridgehead atoms. The van der Waals surface area contributed by atoms with E-state index >= 15 is 0 Å². The molecule has 128 valence electrons. The van der Waals surface area contributed by atoms with E-state index in [0.717, 1.165) is 17.8 Å². The van der Waals surface area contributed by atoms with E-state index in [2.05, 4.69) is 15.4 Å². The number of aromatic nitrogens is 3. The zero-order valence-electron chi connectivity index (χ0n) is 12.9. The van der Waals surface area contributed by atoms with Gasteiger partial charge < -0.3 is 19.8 Å². The van der Waals surface area contributed by atoms with Crippen LogP contribution in [0.3, 0.4) is 0 Å². The van der Waals surface area contributed by atoms with Crippen LogP contribution in [-0.4, -0.2) is 25.7 Å². The fourth-order valence-corrected chi connectivity index (χ4v) is 2.07. The molecule has 0 spiro atoms. The first kappa shape index (κ1) is 16.1. The number of ether oxygens (including phenoxy) is 1. The van der Waals surface area contributed by atoms with E-state index in [1.165, 1.54) is 6.20 Å². The van der Waals surface area contributed by atoms with Gasteiger partial charge >= 0.3 is 5.69 Å². The van der Waals surface area contributed by atoms with Gasteiger partial charge in [0.15, 0.2) is 5.75 Å².